The van der Waals surface area contributed by atoms with Gasteiger partial charge < -0.3 is 46.2 Å². The van der Waals surface area contributed by atoms with Gasteiger partial charge in [-0.15, -0.1) is 0 Å². The fourth-order valence-corrected chi connectivity index (χ4v) is 5.83. The fourth-order valence-electron chi connectivity index (χ4n) is 5.83. The molecule has 0 saturated carbocycles. The molecule has 0 aliphatic carbocycles. The Hall–Kier alpha value is -3.71. The molecule has 1 aromatic rings. The van der Waals surface area contributed by atoms with Crippen LogP contribution in [0.4, 0.5) is 19.3 Å². The second kappa shape index (κ2) is 14.4. The molecule has 0 radical (unpaired) electrons. The van der Waals surface area contributed by atoms with E-state index in [1.54, 1.807) is 11.0 Å². The Morgan fingerprint density at radius 1 is 1.23 bits per heavy atom. The molecule has 1 atom stereocenters. The third-order valence-corrected chi connectivity index (χ3v) is 7.94. The summed E-state index contributed by atoms with van der Waals surface area (Å²) in [6, 6.07) is 3.29. The molecule has 4 rings (SSSR count). The number of ether oxygens (including phenoxy) is 2. The number of anilines is 1. The molecule has 11 nitrogen and oxygen atoms in total. The molecule has 1 unspecified atom stereocenters. The molecule has 1 aromatic carbocycles. The quantitative estimate of drug-likeness (QED) is 0.245. The van der Waals surface area contributed by atoms with Crippen molar-refractivity contribution in [1.29, 1.82) is 5.41 Å². The first-order valence-electron chi connectivity index (χ1n) is 15.1. The Morgan fingerprint density at radius 3 is 2.59 bits per heavy atom. The summed E-state index contributed by atoms with van der Waals surface area (Å²) in [5.74, 6) is -1.11. The van der Waals surface area contributed by atoms with E-state index >= 15 is 0 Å². The van der Waals surface area contributed by atoms with Crippen LogP contribution in [0.3, 0.4) is 0 Å². The van der Waals surface area contributed by atoms with Gasteiger partial charge in [0, 0.05) is 79.3 Å². The summed E-state index contributed by atoms with van der Waals surface area (Å²) in [5, 5.41) is 23.0. The maximum absolute atomic E-state index is 14.5. The molecule has 44 heavy (non-hydrogen) atoms. The molecule has 0 bridgehead atoms. The molecule has 3 heterocycles. The number of aliphatic carboxylic acids is 1. The van der Waals surface area contributed by atoms with E-state index in [4.69, 9.17) is 25.7 Å². The topological polar surface area (TPSA) is 153 Å². The van der Waals surface area contributed by atoms with E-state index in [9.17, 15) is 18.4 Å². The van der Waals surface area contributed by atoms with Gasteiger partial charge in [-0.3, -0.25) is 4.79 Å². The minimum atomic E-state index is -2.85. The number of carbonyl (C=O) groups excluding carboxylic acids is 1. The Morgan fingerprint density at radius 2 is 1.95 bits per heavy atom. The lowest BCUT2D eigenvalue weighted by molar-refractivity contribution is -0.135. The first-order chi connectivity index (χ1) is 20.9. The minimum absolute atomic E-state index is 0.150. The molecular weight excluding hydrogens is 574 g/mol. The lowest BCUT2D eigenvalue weighted by Gasteiger charge is -2.42. The summed E-state index contributed by atoms with van der Waals surface area (Å²) in [7, 11) is 0. The fraction of sp³-hybridized carbons (Fsp3) is 0.581. The van der Waals surface area contributed by atoms with Gasteiger partial charge in [0.05, 0.1) is 6.54 Å². The molecule has 1 fully saturated rings. The average molecular weight is 619 g/mol. The highest BCUT2D eigenvalue weighted by atomic mass is 19.3. The van der Waals surface area contributed by atoms with Gasteiger partial charge in [-0.2, -0.15) is 0 Å². The minimum Gasteiger partial charge on any atom is -0.480 e. The molecule has 1 amide bonds. The number of nitrogens with zero attached hydrogens (tertiary/aromatic N) is 2. The normalized spacial score (nSPS) is 19.0. The second-order valence-electron chi connectivity index (χ2n) is 12.3. The molecule has 3 aliphatic heterocycles. The summed E-state index contributed by atoms with van der Waals surface area (Å²) in [5.41, 5.74) is 9.52. The van der Waals surface area contributed by atoms with Crippen LogP contribution >= 0.6 is 0 Å². The van der Waals surface area contributed by atoms with Gasteiger partial charge in [0.25, 0.3) is 6.43 Å². The number of nitrogens with two attached hydrogens (primary N) is 1. The zero-order valence-electron chi connectivity index (χ0n) is 25.6. The van der Waals surface area contributed by atoms with Crippen molar-refractivity contribution in [3.63, 3.8) is 0 Å². The first-order valence-corrected chi connectivity index (χ1v) is 15.1. The lowest BCUT2D eigenvalue weighted by Crippen LogP contribution is -2.53. The van der Waals surface area contributed by atoms with E-state index in [1.165, 1.54) is 12.3 Å². The molecule has 6 N–H and O–H groups in total. The number of allylic oxidation sites excluding steroid dienone is 1. The maximum atomic E-state index is 14.5. The standard InChI is InChI=1S/C31H44F2N6O5/c1-31(2,3)44-30(42)38-10-6-25(37-21-7-11-43-12-8-21)24(18-38)29(35)39-9-4-5-19-13-22(23(28(32)33)14-26(19)39)20(15-34)16-36-17-27(40)41/h13-16,21,28-29,34,36-37H,4-12,17-18,35H2,1-3H3,(H,40,41)/b20-16+,34-15?. The van der Waals surface area contributed by atoms with Crippen molar-refractivity contribution in [3.05, 3.63) is 46.3 Å². The van der Waals surface area contributed by atoms with Crippen LogP contribution in [-0.4, -0.2) is 85.5 Å². The highest BCUT2D eigenvalue weighted by Gasteiger charge is 2.34. The number of amides is 1. The van der Waals surface area contributed by atoms with E-state index in [1.807, 2.05) is 25.7 Å². The molecule has 3 aliphatic rings. The number of carbonyl (C=O) groups is 2. The van der Waals surface area contributed by atoms with Crippen molar-refractivity contribution in [3.8, 4) is 0 Å². The number of aryl methyl sites for hydroxylation is 1. The van der Waals surface area contributed by atoms with Gasteiger partial charge in [-0.05, 0) is 69.7 Å². The number of nitrogens with one attached hydrogen (secondary N) is 3. The third-order valence-electron chi connectivity index (χ3n) is 7.94. The monoisotopic (exact) mass is 618 g/mol. The molecule has 13 heteroatoms. The molecule has 242 valence electrons. The third kappa shape index (κ3) is 8.26. The number of benzene rings is 1. The van der Waals surface area contributed by atoms with Crippen LogP contribution in [-0.2, 0) is 20.7 Å². The van der Waals surface area contributed by atoms with Crippen LogP contribution in [0.25, 0.3) is 5.57 Å². The van der Waals surface area contributed by atoms with Crippen LogP contribution in [0.2, 0.25) is 0 Å². The van der Waals surface area contributed by atoms with Crippen molar-refractivity contribution < 1.29 is 33.0 Å². The van der Waals surface area contributed by atoms with Crippen molar-refractivity contribution in [2.75, 3.05) is 44.3 Å². The second-order valence-corrected chi connectivity index (χ2v) is 12.3. The number of hydrogen-bond acceptors (Lipinski definition) is 9. The Bertz CT molecular complexity index is 1290. The summed E-state index contributed by atoms with van der Waals surface area (Å²) in [6.45, 7) is 7.59. The van der Waals surface area contributed by atoms with Crippen LogP contribution in [0.1, 0.15) is 69.6 Å². The van der Waals surface area contributed by atoms with E-state index in [0.717, 1.165) is 42.3 Å². The SMILES string of the molecule is CC(C)(C)OC(=O)N1CCC(NC2CCOCC2)=C(C(N)N2CCCc3cc(/C(C=N)=C/NCC(=O)O)c(C(F)F)cc32)C1. The number of carboxylic acids is 1. The van der Waals surface area contributed by atoms with Crippen LogP contribution in [0.5, 0.6) is 0 Å². The summed E-state index contributed by atoms with van der Waals surface area (Å²) in [4.78, 5) is 27.5. The van der Waals surface area contributed by atoms with Crippen LogP contribution < -0.4 is 21.3 Å². The Kier molecular flexibility index (Phi) is 10.8. The zero-order valence-corrected chi connectivity index (χ0v) is 25.6. The van der Waals surface area contributed by atoms with E-state index in [2.05, 4.69) is 10.6 Å². The van der Waals surface area contributed by atoms with Gasteiger partial charge in [-0.1, -0.05) is 0 Å². The van der Waals surface area contributed by atoms with Crippen molar-refractivity contribution in [2.24, 2.45) is 5.73 Å². The van der Waals surface area contributed by atoms with Crippen molar-refractivity contribution in [1.82, 2.24) is 15.5 Å². The van der Waals surface area contributed by atoms with Gasteiger partial charge in [0.2, 0.25) is 0 Å². The van der Waals surface area contributed by atoms with E-state index < -0.39 is 36.8 Å². The molecule has 0 spiro atoms. The van der Waals surface area contributed by atoms with Crippen molar-refractivity contribution >= 4 is 29.5 Å². The maximum Gasteiger partial charge on any atom is 0.410 e. The summed E-state index contributed by atoms with van der Waals surface area (Å²) >= 11 is 0. The number of fused-ring (bicyclic) bond motifs is 1. The number of alkyl halides is 2. The van der Waals surface area contributed by atoms with Crippen LogP contribution in [0, 0.1) is 5.41 Å². The largest absolute Gasteiger partial charge is 0.480 e. The predicted octanol–water partition coefficient (Wildman–Crippen LogP) is 3.99. The lowest BCUT2D eigenvalue weighted by atomic mass is 9.91. The van der Waals surface area contributed by atoms with Crippen LogP contribution in [0.15, 0.2) is 29.6 Å². The van der Waals surface area contributed by atoms with Gasteiger partial charge in [-0.25, -0.2) is 13.6 Å². The Labute approximate surface area is 256 Å². The average Bonchev–Trinajstić information content (AvgIpc) is 2.97. The Balaban J connectivity index is 1.70. The van der Waals surface area contributed by atoms with E-state index in [-0.39, 0.29) is 29.3 Å². The highest BCUT2D eigenvalue weighted by molar-refractivity contribution is 6.09. The predicted molar refractivity (Wildman–Crippen MR) is 164 cm³/mol. The number of rotatable bonds is 10. The van der Waals surface area contributed by atoms with Gasteiger partial charge in [0.1, 0.15) is 18.3 Å². The van der Waals surface area contributed by atoms with Gasteiger partial charge >= 0.3 is 12.1 Å². The summed E-state index contributed by atoms with van der Waals surface area (Å²) < 4.78 is 40.1. The smallest absolute Gasteiger partial charge is 0.410 e. The first kappa shape index (κ1) is 33.2. The summed E-state index contributed by atoms with van der Waals surface area (Å²) in [6.07, 6.45) is 1.82. The van der Waals surface area contributed by atoms with Crippen molar-refractivity contribution in [2.45, 2.75) is 77.1 Å². The molecule has 1 saturated heterocycles. The number of hydrogen-bond donors (Lipinski definition) is 5. The molecule has 0 aromatic heterocycles. The molecular formula is C31H44F2N6O5. The number of halogens is 2. The zero-order chi connectivity index (χ0) is 32.0. The highest BCUT2D eigenvalue weighted by Crippen LogP contribution is 2.38. The number of carboxylic acid groups (broad SMARTS) is 1. The van der Waals surface area contributed by atoms with E-state index in [0.29, 0.717) is 44.8 Å². The van der Waals surface area contributed by atoms with Gasteiger partial charge in [0.15, 0.2) is 0 Å².